The number of anilines is 1. The molecule has 2 heterocycles. The molecule has 0 spiro atoms. The van der Waals surface area contributed by atoms with Gasteiger partial charge in [-0.15, -0.1) is 0 Å². The van der Waals surface area contributed by atoms with Gasteiger partial charge in [0.15, 0.2) is 5.69 Å². The number of halogens is 1. The van der Waals surface area contributed by atoms with Gasteiger partial charge in [0, 0.05) is 17.5 Å². The Morgan fingerprint density at radius 3 is 2.69 bits per heavy atom. The number of hydrogen-bond donors (Lipinski definition) is 1. The van der Waals surface area contributed by atoms with Gasteiger partial charge >= 0.3 is 0 Å². The normalized spacial score (nSPS) is 13.3. The van der Waals surface area contributed by atoms with E-state index < -0.39 is 0 Å². The second-order valence-electron chi connectivity index (χ2n) is 6.49. The molecule has 1 N–H and O–H groups in total. The summed E-state index contributed by atoms with van der Waals surface area (Å²) in [5, 5.41) is 7.44. The molecule has 6 heteroatoms. The minimum Gasteiger partial charge on any atom is -0.305 e. The first-order valence-electron chi connectivity index (χ1n) is 8.73. The van der Waals surface area contributed by atoms with Crippen LogP contribution in [0.1, 0.15) is 40.2 Å². The summed E-state index contributed by atoms with van der Waals surface area (Å²) in [4.78, 5) is 17.1. The van der Waals surface area contributed by atoms with Gasteiger partial charge in [-0.2, -0.15) is 5.10 Å². The predicted molar refractivity (Wildman–Crippen MR) is 97.1 cm³/mol. The van der Waals surface area contributed by atoms with Gasteiger partial charge in [-0.05, 0) is 68.5 Å². The van der Waals surface area contributed by atoms with Crippen LogP contribution in [0.15, 0.2) is 42.6 Å². The summed E-state index contributed by atoms with van der Waals surface area (Å²) in [7, 11) is 0. The van der Waals surface area contributed by atoms with Gasteiger partial charge in [-0.25, -0.2) is 14.1 Å². The second kappa shape index (κ2) is 6.71. The molecule has 0 saturated carbocycles. The van der Waals surface area contributed by atoms with Crippen LogP contribution in [-0.4, -0.2) is 20.7 Å². The topological polar surface area (TPSA) is 59.8 Å². The molecule has 0 saturated heterocycles. The van der Waals surface area contributed by atoms with Crippen molar-refractivity contribution < 1.29 is 9.18 Å². The highest BCUT2D eigenvalue weighted by molar-refractivity contribution is 6.04. The standard InChI is InChI=1S/C20H19FN4O/c1-13-5-4-12-22-19(13)23-20(26)18-16-6-2-3-7-17(16)25(24-18)15-10-8-14(21)9-11-15/h4-5,8-12H,2-3,6-7H2,1H3,(H,22,23,26). The van der Waals surface area contributed by atoms with Gasteiger partial charge in [0.25, 0.3) is 5.91 Å². The number of aryl methyl sites for hydroxylation is 1. The van der Waals surface area contributed by atoms with Gasteiger partial charge in [0.2, 0.25) is 0 Å². The molecular weight excluding hydrogens is 331 g/mol. The Balaban J connectivity index is 1.73. The zero-order valence-electron chi connectivity index (χ0n) is 14.5. The van der Waals surface area contributed by atoms with Gasteiger partial charge < -0.3 is 5.32 Å². The molecular formula is C20H19FN4O. The zero-order valence-corrected chi connectivity index (χ0v) is 14.5. The van der Waals surface area contributed by atoms with E-state index in [0.29, 0.717) is 11.5 Å². The summed E-state index contributed by atoms with van der Waals surface area (Å²) in [6, 6.07) is 9.90. The van der Waals surface area contributed by atoms with Crippen LogP contribution in [0.25, 0.3) is 5.69 Å². The Morgan fingerprint density at radius 1 is 1.15 bits per heavy atom. The fourth-order valence-electron chi connectivity index (χ4n) is 3.36. The Labute approximate surface area is 150 Å². The summed E-state index contributed by atoms with van der Waals surface area (Å²) < 4.78 is 15.0. The Bertz CT molecular complexity index is 962. The van der Waals surface area contributed by atoms with Crippen LogP contribution >= 0.6 is 0 Å². The molecule has 26 heavy (non-hydrogen) atoms. The molecule has 0 radical (unpaired) electrons. The lowest BCUT2D eigenvalue weighted by Gasteiger charge is -2.14. The fourth-order valence-corrected chi connectivity index (χ4v) is 3.36. The molecule has 2 aromatic heterocycles. The molecule has 0 bridgehead atoms. The van der Waals surface area contributed by atoms with Crippen LogP contribution in [0.3, 0.4) is 0 Å². The number of nitrogens with one attached hydrogen (secondary N) is 1. The van der Waals surface area contributed by atoms with Gasteiger partial charge in [-0.3, -0.25) is 4.79 Å². The quantitative estimate of drug-likeness (QED) is 0.781. The second-order valence-corrected chi connectivity index (χ2v) is 6.49. The number of benzene rings is 1. The highest BCUT2D eigenvalue weighted by atomic mass is 19.1. The summed E-state index contributed by atoms with van der Waals surface area (Å²) in [5.41, 5.74) is 4.09. The maximum absolute atomic E-state index is 13.3. The molecule has 1 amide bonds. The van der Waals surface area contributed by atoms with Crippen molar-refractivity contribution in [3.63, 3.8) is 0 Å². The van der Waals surface area contributed by atoms with E-state index in [2.05, 4.69) is 15.4 Å². The van der Waals surface area contributed by atoms with Crippen LogP contribution in [0.2, 0.25) is 0 Å². The van der Waals surface area contributed by atoms with Crippen molar-refractivity contribution in [2.24, 2.45) is 0 Å². The number of rotatable bonds is 3. The number of fused-ring (bicyclic) bond motifs is 1. The molecule has 4 rings (SSSR count). The summed E-state index contributed by atoms with van der Waals surface area (Å²) in [6.07, 6.45) is 5.41. The molecule has 0 aliphatic heterocycles. The highest BCUT2D eigenvalue weighted by Crippen LogP contribution is 2.27. The van der Waals surface area contributed by atoms with E-state index in [9.17, 15) is 9.18 Å². The average molecular weight is 350 g/mol. The molecule has 5 nitrogen and oxygen atoms in total. The van der Waals surface area contributed by atoms with Crippen molar-refractivity contribution in [2.75, 3.05) is 5.32 Å². The van der Waals surface area contributed by atoms with E-state index in [1.807, 2.05) is 19.1 Å². The van der Waals surface area contributed by atoms with E-state index in [0.717, 1.165) is 48.2 Å². The Kier molecular flexibility index (Phi) is 4.24. The summed E-state index contributed by atoms with van der Waals surface area (Å²) >= 11 is 0. The third kappa shape index (κ3) is 2.98. The smallest absolute Gasteiger partial charge is 0.277 e. The number of nitrogens with zero attached hydrogens (tertiary/aromatic N) is 3. The first-order valence-corrected chi connectivity index (χ1v) is 8.73. The molecule has 1 aliphatic rings. The first kappa shape index (κ1) is 16.4. The molecule has 0 fully saturated rings. The van der Waals surface area contributed by atoms with Crippen molar-refractivity contribution in [2.45, 2.75) is 32.6 Å². The number of carbonyl (C=O) groups excluding carboxylic acids is 1. The van der Waals surface area contributed by atoms with Crippen molar-refractivity contribution in [3.8, 4) is 5.69 Å². The Morgan fingerprint density at radius 2 is 1.92 bits per heavy atom. The molecule has 3 aromatic rings. The molecule has 1 aromatic carbocycles. The van der Waals surface area contributed by atoms with Crippen molar-refractivity contribution >= 4 is 11.7 Å². The van der Waals surface area contributed by atoms with Crippen molar-refractivity contribution in [1.82, 2.24) is 14.8 Å². The largest absolute Gasteiger partial charge is 0.305 e. The number of carbonyl (C=O) groups is 1. The predicted octanol–water partition coefficient (Wildman–Crippen LogP) is 3.85. The number of aromatic nitrogens is 3. The van der Waals surface area contributed by atoms with Crippen LogP contribution < -0.4 is 5.32 Å². The molecule has 0 atom stereocenters. The third-order valence-corrected chi connectivity index (χ3v) is 4.71. The van der Waals surface area contributed by atoms with Crippen LogP contribution in [0, 0.1) is 12.7 Å². The number of pyridine rings is 1. The Hall–Kier alpha value is -3.02. The first-order chi connectivity index (χ1) is 12.6. The lowest BCUT2D eigenvalue weighted by atomic mass is 9.95. The van der Waals surface area contributed by atoms with Gasteiger partial charge in [-0.1, -0.05) is 6.07 Å². The summed E-state index contributed by atoms with van der Waals surface area (Å²) in [6.45, 7) is 1.90. The monoisotopic (exact) mass is 350 g/mol. The number of hydrogen-bond acceptors (Lipinski definition) is 3. The summed E-state index contributed by atoms with van der Waals surface area (Å²) in [5.74, 6) is -0.0115. The van der Waals surface area contributed by atoms with Gasteiger partial charge in [0.05, 0.1) is 5.69 Å². The highest BCUT2D eigenvalue weighted by Gasteiger charge is 2.26. The van der Waals surface area contributed by atoms with Crippen LogP contribution in [-0.2, 0) is 12.8 Å². The zero-order chi connectivity index (χ0) is 18.1. The maximum atomic E-state index is 13.3. The number of amides is 1. The van der Waals surface area contributed by atoms with Crippen LogP contribution in [0.4, 0.5) is 10.2 Å². The van der Waals surface area contributed by atoms with Crippen molar-refractivity contribution in [3.05, 3.63) is 70.9 Å². The van der Waals surface area contributed by atoms with E-state index in [1.165, 1.54) is 12.1 Å². The van der Waals surface area contributed by atoms with Crippen LogP contribution in [0.5, 0.6) is 0 Å². The van der Waals surface area contributed by atoms with E-state index in [1.54, 1.807) is 23.0 Å². The molecule has 1 aliphatic carbocycles. The SMILES string of the molecule is Cc1cccnc1NC(=O)c1nn(-c2ccc(F)cc2)c2c1CCCC2. The van der Waals surface area contributed by atoms with Crippen molar-refractivity contribution in [1.29, 1.82) is 0 Å². The maximum Gasteiger partial charge on any atom is 0.277 e. The van der Waals surface area contributed by atoms with Gasteiger partial charge in [0.1, 0.15) is 11.6 Å². The minimum atomic E-state index is -0.293. The average Bonchev–Trinajstić information content (AvgIpc) is 3.04. The molecule has 132 valence electrons. The molecule has 0 unspecified atom stereocenters. The minimum absolute atomic E-state index is 0.259. The van der Waals surface area contributed by atoms with E-state index >= 15 is 0 Å². The van der Waals surface area contributed by atoms with E-state index in [4.69, 9.17) is 0 Å². The third-order valence-electron chi connectivity index (χ3n) is 4.71. The lowest BCUT2D eigenvalue weighted by Crippen LogP contribution is -2.17. The lowest BCUT2D eigenvalue weighted by molar-refractivity contribution is 0.102. The fraction of sp³-hybridized carbons (Fsp3) is 0.250. The van der Waals surface area contributed by atoms with E-state index in [-0.39, 0.29) is 11.7 Å².